The van der Waals surface area contributed by atoms with Gasteiger partial charge in [-0.1, -0.05) is 48.6 Å². The van der Waals surface area contributed by atoms with Gasteiger partial charge in [0, 0.05) is 24.1 Å². The largest absolute Gasteiger partial charge is 0.493 e. The molecule has 1 atom stereocenters. The molecule has 0 radical (unpaired) electrons. The highest BCUT2D eigenvalue weighted by molar-refractivity contribution is 6.02. The van der Waals surface area contributed by atoms with Crippen molar-refractivity contribution in [1.29, 1.82) is 0 Å². The van der Waals surface area contributed by atoms with Crippen LogP contribution in [0.25, 0.3) is 0 Å². The second-order valence-corrected chi connectivity index (χ2v) is 9.29. The number of methoxy groups -OCH3 is 2. The van der Waals surface area contributed by atoms with E-state index in [9.17, 15) is 9.59 Å². The monoisotopic (exact) mass is 491 g/mol. The third kappa shape index (κ3) is 7.56. The first kappa shape index (κ1) is 27.2. The lowest BCUT2D eigenvalue weighted by Gasteiger charge is -2.32. The molecule has 1 aliphatic heterocycles. The maximum atomic E-state index is 12.9. The van der Waals surface area contributed by atoms with Crippen LogP contribution in [0.2, 0.25) is 0 Å². The van der Waals surface area contributed by atoms with Crippen LogP contribution in [0.15, 0.2) is 66.8 Å². The summed E-state index contributed by atoms with van der Waals surface area (Å²) in [6.45, 7) is 5.09. The standard InChI is InChI=1S/C24H29NO3.C6H8O2/c1-27-22-14-19-13-20(24(26)21(19)15-23(22)28-2)12-17-8-10-25(11-9-17)16-18-6-4-3-5-7-18;1-2-3-4-5-6(7)8/h3-7,14-15,17,20H,8-13,16H2,1-2H3;2-5H,1H3,(H,7,8)/b;3-2+,5-4+. The molecule has 1 saturated heterocycles. The van der Waals surface area contributed by atoms with Crippen LogP contribution < -0.4 is 9.47 Å². The third-order valence-electron chi connectivity index (χ3n) is 6.83. The van der Waals surface area contributed by atoms with Crippen molar-refractivity contribution in [3.8, 4) is 11.5 Å². The Morgan fingerprint density at radius 2 is 1.72 bits per heavy atom. The molecule has 2 aromatic rings. The summed E-state index contributed by atoms with van der Waals surface area (Å²) in [5, 5.41) is 8.02. The number of likely N-dealkylation sites (tertiary alicyclic amines) is 1. The number of piperidine rings is 1. The molecule has 2 aliphatic rings. The van der Waals surface area contributed by atoms with Gasteiger partial charge in [-0.05, 0) is 74.9 Å². The number of ketones is 1. The second-order valence-electron chi connectivity index (χ2n) is 9.29. The highest BCUT2D eigenvalue weighted by atomic mass is 16.5. The van der Waals surface area contributed by atoms with Crippen LogP contribution in [0.3, 0.4) is 0 Å². The van der Waals surface area contributed by atoms with Crippen LogP contribution in [0.4, 0.5) is 0 Å². The van der Waals surface area contributed by atoms with Crippen LogP contribution in [0.1, 0.15) is 47.7 Å². The van der Waals surface area contributed by atoms with Crippen LogP contribution in [-0.4, -0.2) is 49.1 Å². The number of rotatable bonds is 8. The van der Waals surface area contributed by atoms with E-state index < -0.39 is 5.97 Å². The molecule has 2 aromatic carbocycles. The molecule has 6 nitrogen and oxygen atoms in total. The zero-order valence-corrected chi connectivity index (χ0v) is 21.5. The van der Waals surface area contributed by atoms with E-state index in [4.69, 9.17) is 14.6 Å². The summed E-state index contributed by atoms with van der Waals surface area (Å²) >= 11 is 0. The van der Waals surface area contributed by atoms with Crippen LogP contribution in [0, 0.1) is 11.8 Å². The van der Waals surface area contributed by atoms with Crippen LogP contribution in [0.5, 0.6) is 11.5 Å². The summed E-state index contributed by atoms with van der Waals surface area (Å²) in [5.41, 5.74) is 3.31. The molecule has 0 bridgehead atoms. The Balaban J connectivity index is 0.000000392. The molecule has 4 rings (SSSR count). The minimum Gasteiger partial charge on any atom is -0.493 e. The predicted molar refractivity (Wildman–Crippen MR) is 142 cm³/mol. The average Bonchev–Trinajstić information content (AvgIpc) is 3.19. The molecule has 1 N–H and O–H groups in total. The summed E-state index contributed by atoms with van der Waals surface area (Å²) < 4.78 is 10.8. The van der Waals surface area contributed by atoms with Crippen molar-refractivity contribution in [2.24, 2.45) is 11.8 Å². The molecular weight excluding hydrogens is 454 g/mol. The number of aliphatic carboxylic acids is 1. The van der Waals surface area contributed by atoms with Crippen molar-refractivity contribution in [2.75, 3.05) is 27.3 Å². The Kier molecular flexibility index (Phi) is 10.3. The van der Waals surface area contributed by atoms with Gasteiger partial charge in [0.15, 0.2) is 17.3 Å². The Labute approximate surface area is 214 Å². The number of carbonyl (C=O) groups excluding carboxylic acids is 1. The third-order valence-corrected chi connectivity index (χ3v) is 6.83. The molecule has 1 unspecified atom stereocenters. The first-order valence-electron chi connectivity index (χ1n) is 12.5. The van der Waals surface area contributed by atoms with Gasteiger partial charge in [0.2, 0.25) is 0 Å². The first-order chi connectivity index (χ1) is 17.4. The Morgan fingerprint density at radius 1 is 1.06 bits per heavy atom. The Morgan fingerprint density at radius 3 is 2.33 bits per heavy atom. The quantitative estimate of drug-likeness (QED) is 0.385. The normalized spacial score (nSPS) is 18.2. The number of hydrogen-bond acceptors (Lipinski definition) is 5. The molecule has 0 amide bonds. The van der Waals surface area contributed by atoms with E-state index in [1.54, 1.807) is 26.4 Å². The van der Waals surface area contributed by atoms with Crippen LogP contribution in [-0.2, 0) is 17.8 Å². The van der Waals surface area contributed by atoms with E-state index in [-0.39, 0.29) is 11.7 Å². The Hall–Kier alpha value is -3.38. The van der Waals surface area contributed by atoms with E-state index in [1.165, 1.54) is 24.5 Å². The van der Waals surface area contributed by atoms with Crippen molar-refractivity contribution in [1.82, 2.24) is 4.90 Å². The molecule has 0 saturated carbocycles. The lowest BCUT2D eigenvalue weighted by Crippen LogP contribution is -2.34. The number of carboxylic acid groups (broad SMARTS) is 1. The van der Waals surface area contributed by atoms with Gasteiger partial charge in [0.25, 0.3) is 0 Å². The summed E-state index contributed by atoms with van der Waals surface area (Å²) in [6.07, 6.45) is 10.2. The van der Waals surface area contributed by atoms with Crippen molar-refractivity contribution in [2.45, 2.75) is 39.2 Å². The number of hydrogen-bond donors (Lipinski definition) is 1. The van der Waals surface area contributed by atoms with Gasteiger partial charge in [-0.3, -0.25) is 9.69 Å². The summed E-state index contributed by atoms with van der Waals surface area (Å²) in [6, 6.07) is 14.5. The van der Waals surface area contributed by atoms with Gasteiger partial charge in [-0.25, -0.2) is 4.79 Å². The molecule has 1 aliphatic carbocycles. The topological polar surface area (TPSA) is 76.1 Å². The fraction of sp³-hybridized carbons (Fsp3) is 0.400. The van der Waals surface area contributed by atoms with Crippen molar-refractivity contribution in [3.63, 3.8) is 0 Å². The highest BCUT2D eigenvalue weighted by Crippen LogP contribution is 2.39. The van der Waals surface area contributed by atoms with Gasteiger partial charge in [0.1, 0.15) is 0 Å². The maximum Gasteiger partial charge on any atom is 0.328 e. The molecule has 36 heavy (non-hydrogen) atoms. The van der Waals surface area contributed by atoms with Crippen molar-refractivity contribution in [3.05, 3.63) is 83.5 Å². The van der Waals surface area contributed by atoms with E-state index in [2.05, 4.69) is 35.2 Å². The van der Waals surface area contributed by atoms with E-state index in [1.807, 2.05) is 19.1 Å². The second kappa shape index (κ2) is 13.6. The minimum absolute atomic E-state index is 0.109. The fourth-order valence-electron chi connectivity index (χ4n) is 4.96. The van der Waals surface area contributed by atoms with Gasteiger partial charge in [-0.2, -0.15) is 0 Å². The van der Waals surface area contributed by atoms with Crippen LogP contribution >= 0.6 is 0 Å². The molecule has 0 spiro atoms. The SMILES string of the molecule is C/C=C/C=C/C(=O)O.COc1cc2c(cc1OC)C(=O)C(CC1CCN(Cc3ccccc3)CC1)C2. The number of ether oxygens (including phenoxy) is 2. The Bertz CT molecular complexity index is 1070. The molecule has 192 valence electrons. The van der Waals surface area contributed by atoms with Gasteiger partial charge in [-0.15, -0.1) is 0 Å². The smallest absolute Gasteiger partial charge is 0.328 e. The van der Waals surface area contributed by atoms with E-state index >= 15 is 0 Å². The van der Waals surface area contributed by atoms with Crippen molar-refractivity contribution < 1.29 is 24.2 Å². The average molecular weight is 492 g/mol. The molecule has 6 heteroatoms. The van der Waals surface area contributed by atoms with Gasteiger partial charge < -0.3 is 14.6 Å². The summed E-state index contributed by atoms with van der Waals surface area (Å²) in [7, 11) is 3.26. The molecule has 0 aromatic heterocycles. The zero-order valence-electron chi connectivity index (χ0n) is 21.5. The predicted octanol–water partition coefficient (Wildman–Crippen LogP) is 5.56. The number of carboxylic acids is 1. The van der Waals surface area contributed by atoms with E-state index in [0.717, 1.165) is 49.7 Å². The number of nitrogens with zero attached hydrogens (tertiary/aromatic N) is 1. The molecule has 1 heterocycles. The number of benzene rings is 2. The van der Waals surface area contributed by atoms with Gasteiger partial charge in [0.05, 0.1) is 14.2 Å². The number of allylic oxidation sites excluding steroid dienone is 3. The number of fused-ring (bicyclic) bond motifs is 1. The van der Waals surface area contributed by atoms with Gasteiger partial charge >= 0.3 is 5.97 Å². The zero-order chi connectivity index (χ0) is 25.9. The van der Waals surface area contributed by atoms with Crippen molar-refractivity contribution >= 4 is 11.8 Å². The summed E-state index contributed by atoms with van der Waals surface area (Å²) in [4.78, 5) is 25.2. The fourth-order valence-corrected chi connectivity index (χ4v) is 4.96. The number of Topliss-reactive ketones (excluding diaryl/α,β-unsaturated/α-hetero) is 1. The molecule has 1 fully saturated rings. The highest BCUT2D eigenvalue weighted by Gasteiger charge is 2.34. The maximum absolute atomic E-state index is 12.9. The minimum atomic E-state index is -0.914. The van der Waals surface area contributed by atoms with E-state index in [0.29, 0.717) is 17.4 Å². The first-order valence-corrected chi connectivity index (χ1v) is 12.5. The summed E-state index contributed by atoms with van der Waals surface area (Å²) in [5.74, 6) is 1.47. The number of carbonyl (C=O) groups is 2. The lowest BCUT2D eigenvalue weighted by atomic mass is 9.85. The molecular formula is C30H37NO5. The lowest BCUT2D eigenvalue weighted by molar-refractivity contribution is -0.131.